The van der Waals surface area contributed by atoms with Crippen LogP contribution >= 0.6 is 31.9 Å². The summed E-state index contributed by atoms with van der Waals surface area (Å²) in [6.07, 6.45) is -4.61. The molecule has 3 rings (SSSR count). The maximum absolute atomic E-state index is 13.1. The third kappa shape index (κ3) is 4.14. The minimum Gasteiger partial charge on any atom is -0.369 e. The molecule has 5 nitrogen and oxygen atoms in total. The Balaban J connectivity index is 2.12. The van der Waals surface area contributed by atoms with Crippen LogP contribution in [0.3, 0.4) is 0 Å². The molecule has 27 heavy (non-hydrogen) atoms. The summed E-state index contributed by atoms with van der Waals surface area (Å²) in [5.41, 5.74) is 5.38. The van der Waals surface area contributed by atoms with Crippen molar-refractivity contribution < 1.29 is 21.6 Å². The van der Waals surface area contributed by atoms with Gasteiger partial charge in [-0.2, -0.15) is 13.2 Å². The number of halogens is 5. The summed E-state index contributed by atoms with van der Waals surface area (Å²) in [5, 5.41) is 0. The molecule has 2 N–H and O–H groups in total. The standard InChI is InChI=1S/C16H12Br2F3N3O2S/c17-10-2-3-11(18)12(8-10)23-15(22)24-5-6-27(25,26)14-4-1-9(7-13(14)24)16(19,20)21/h1-4,7-8H,5-6H2,(H2,22,23). The maximum atomic E-state index is 13.1. The van der Waals surface area contributed by atoms with Crippen LogP contribution in [0.5, 0.6) is 0 Å². The largest absolute Gasteiger partial charge is 0.416 e. The highest BCUT2D eigenvalue weighted by Gasteiger charge is 2.36. The third-order valence-electron chi connectivity index (χ3n) is 3.92. The Morgan fingerprint density at radius 3 is 2.52 bits per heavy atom. The number of rotatable bonds is 1. The van der Waals surface area contributed by atoms with Crippen LogP contribution in [0.15, 0.2) is 55.2 Å². The summed E-state index contributed by atoms with van der Waals surface area (Å²) >= 11 is 6.63. The molecule has 0 spiro atoms. The van der Waals surface area contributed by atoms with Gasteiger partial charge in [-0.15, -0.1) is 0 Å². The van der Waals surface area contributed by atoms with Gasteiger partial charge >= 0.3 is 6.18 Å². The molecule has 0 aliphatic carbocycles. The highest BCUT2D eigenvalue weighted by molar-refractivity contribution is 9.11. The highest BCUT2D eigenvalue weighted by Crippen LogP contribution is 2.38. The molecular weight excluding hydrogens is 515 g/mol. The molecule has 1 aliphatic heterocycles. The molecule has 0 aromatic heterocycles. The number of guanidine groups is 1. The molecule has 0 bridgehead atoms. The van der Waals surface area contributed by atoms with E-state index < -0.39 is 21.6 Å². The molecule has 2 aromatic carbocycles. The maximum Gasteiger partial charge on any atom is 0.416 e. The topological polar surface area (TPSA) is 75.8 Å². The average molecular weight is 527 g/mol. The van der Waals surface area contributed by atoms with Crippen LogP contribution in [-0.2, 0) is 16.0 Å². The number of anilines is 1. The third-order valence-corrected chi connectivity index (χ3v) is 6.81. The predicted molar refractivity (Wildman–Crippen MR) is 104 cm³/mol. The number of benzene rings is 2. The number of nitrogens with zero attached hydrogens (tertiary/aromatic N) is 2. The minimum absolute atomic E-state index is 0.0996. The van der Waals surface area contributed by atoms with Crippen molar-refractivity contribution in [3.63, 3.8) is 0 Å². The molecule has 0 radical (unpaired) electrons. The van der Waals surface area contributed by atoms with Crippen molar-refractivity contribution in [2.24, 2.45) is 10.7 Å². The molecule has 0 saturated carbocycles. The van der Waals surface area contributed by atoms with Gasteiger partial charge in [-0.25, -0.2) is 13.4 Å². The minimum atomic E-state index is -4.61. The molecule has 1 aliphatic rings. The number of hydrogen-bond acceptors (Lipinski definition) is 3. The molecule has 144 valence electrons. The van der Waals surface area contributed by atoms with Crippen LogP contribution in [0.25, 0.3) is 0 Å². The van der Waals surface area contributed by atoms with E-state index in [9.17, 15) is 21.6 Å². The van der Waals surface area contributed by atoms with Gasteiger partial charge in [-0.05, 0) is 52.3 Å². The Labute approximate surface area is 170 Å². The molecule has 0 unspecified atom stereocenters. The molecule has 0 amide bonds. The Bertz CT molecular complexity index is 1040. The summed E-state index contributed by atoms with van der Waals surface area (Å²) in [4.78, 5) is 5.32. The normalized spacial score (nSPS) is 16.9. The second-order valence-electron chi connectivity index (χ2n) is 5.72. The molecule has 0 atom stereocenters. The second kappa shape index (κ2) is 7.10. The number of fused-ring (bicyclic) bond motifs is 1. The van der Waals surface area contributed by atoms with Crippen molar-refractivity contribution in [3.8, 4) is 0 Å². The van der Waals surface area contributed by atoms with E-state index in [4.69, 9.17) is 5.73 Å². The quantitative estimate of drug-likeness (QED) is 0.439. The second-order valence-corrected chi connectivity index (χ2v) is 9.56. The summed E-state index contributed by atoms with van der Waals surface area (Å²) in [6, 6.07) is 7.67. The monoisotopic (exact) mass is 525 g/mol. The zero-order valence-corrected chi connectivity index (χ0v) is 17.5. The van der Waals surface area contributed by atoms with E-state index in [2.05, 4.69) is 36.9 Å². The van der Waals surface area contributed by atoms with Crippen molar-refractivity contribution in [2.45, 2.75) is 11.1 Å². The lowest BCUT2D eigenvalue weighted by Gasteiger charge is -2.30. The van der Waals surface area contributed by atoms with Gasteiger partial charge in [-0.1, -0.05) is 15.9 Å². The van der Waals surface area contributed by atoms with E-state index in [0.717, 1.165) is 22.7 Å². The fourth-order valence-corrected chi connectivity index (χ4v) is 4.69. The Morgan fingerprint density at radius 1 is 1.15 bits per heavy atom. The molecule has 0 saturated heterocycles. The first-order chi connectivity index (χ1) is 12.5. The van der Waals surface area contributed by atoms with Crippen LogP contribution < -0.4 is 10.6 Å². The lowest BCUT2D eigenvalue weighted by atomic mass is 10.1. The highest BCUT2D eigenvalue weighted by atomic mass is 79.9. The summed E-state index contributed by atoms with van der Waals surface area (Å²) in [5.74, 6) is -0.384. The van der Waals surface area contributed by atoms with Gasteiger partial charge in [0.05, 0.1) is 27.6 Å². The van der Waals surface area contributed by atoms with Crippen LogP contribution in [0.2, 0.25) is 0 Å². The van der Waals surface area contributed by atoms with Crippen molar-refractivity contribution >= 4 is 59.0 Å². The van der Waals surface area contributed by atoms with Gasteiger partial charge < -0.3 is 10.6 Å². The SMILES string of the molecule is NC(=Nc1cc(Br)ccc1Br)N1CCS(=O)(=O)c2ccc(C(F)(F)F)cc21. The van der Waals surface area contributed by atoms with Gasteiger partial charge in [-0.3, -0.25) is 0 Å². The summed E-state index contributed by atoms with van der Waals surface area (Å²) < 4.78 is 65.1. The van der Waals surface area contributed by atoms with E-state index in [-0.39, 0.29) is 28.8 Å². The molecule has 0 fully saturated rings. The smallest absolute Gasteiger partial charge is 0.369 e. The Kier molecular flexibility index (Phi) is 5.30. The Morgan fingerprint density at radius 2 is 1.85 bits per heavy atom. The Hall–Kier alpha value is -1.59. The van der Waals surface area contributed by atoms with Crippen LogP contribution in [-0.4, -0.2) is 26.7 Å². The van der Waals surface area contributed by atoms with Gasteiger partial charge in [0.1, 0.15) is 0 Å². The molecule has 11 heteroatoms. The predicted octanol–water partition coefficient (Wildman–Crippen LogP) is 4.47. The number of sulfone groups is 1. The zero-order valence-electron chi connectivity index (χ0n) is 13.5. The van der Waals surface area contributed by atoms with Crippen molar-refractivity contribution in [2.75, 3.05) is 17.2 Å². The van der Waals surface area contributed by atoms with E-state index in [1.807, 2.05) is 0 Å². The van der Waals surface area contributed by atoms with Gasteiger partial charge in [0.25, 0.3) is 0 Å². The van der Waals surface area contributed by atoms with Gasteiger partial charge in [0.15, 0.2) is 9.84 Å². The molecular formula is C16H12Br2F3N3O2S. The zero-order chi connectivity index (χ0) is 20.0. The fraction of sp³-hybridized carbons (Fsp3) is 0.188. The van der Waals surface area contributed by atoms with E-state index >= 15 is 0 Å². The number of hydrogen-bond donors (Lipinski definition) is 1. The van der Waals surface area contributed by atoms with E-state index in [0.29, 0.717) is 10.2 Å². The average Bonchev–Trinajstić information content (AvgIpc) is 2.57. The van der Waals surface area contributed by atoms with Crippen molar-refractivity contribution in [1.82, 2.24) is 0 Å². The van der Waals surface area contributed by atoms with Crippen LogP contribution in [0.4, 0.5) is 24.5 Å². The molecule has 2 aromatic rings. The first-order valence-electron chi connectivity index (χ1n) is 7.50. The first-order valence-corrected chi connectivity index (χ1v) is 10.7. The van der Waals surface area contributed by atoms with E-state index in [1.165, 1.54) is 4.90 Å². The van der Waals surface area contributed by atoms with Crippen molar-refractivity contribution in [1.29, 1.82) is 0 Å². The first kappa shape index (κ1) is 20.2. The lowest BCUT2D eigenvalue weighted by molar-refractivity contribution is -0.137. The van der Waals surface area contributed by atoms with Crippen LogP contribution in [0.1, 0.15) is 5.56 Å². The van der Waals surface area contributed by atoms with Crippen LogP contribution in [0, 0.1) is 0 Å². The molecule has 1 heterocycles. The van der Waals surface area contributed by atoms with Crippen molar-refractivity contribution in [3.05, 3.63) is 50.9 Å². The van der Waals surface area contributed by atoms with E-state index in [1.54, 1.807) is 18.2 Å². The number of aliphatic imine (C=N–C) groups is 1. The number of alkyl halides is 3. The number of nitrogens with two attached hydrogens (primary N) is 1. The lowest BCUT2D eigenvalue weighted by Crippen LogP contribution is -2.44. The summed E-state index contributed by atoms with van der Waals surface area (Å²) in [7, 11) is -3.69. The summed E-state index contributed by atoms with van der Waals surface area (Å²) in [6.45, 7) is -0.0996. The van der Waals surface area contributed by atoms with Gasteiger partial charge in [0, 0.05) is 15.5 Å². The van der Waals surface area contributed by atoms with Gasteiger partial charge in [0.2, 0.25) is 5.96 Å². The fourth-order valence-electron chi connectivity index (χ4n) is 2.60.